The number of para-hydroxylation sites is 1. The van der Waals surface area contributed by atoms with Gasteiger partial charge >= 0.3 is 0 Å². The zero-order valence-corrected chi connectivity index (χ0v) is 15.3. The highest BCUT2D eigenvalue weighted by Crippen LogP contribution is 2.29. The van der Waals surface area contributed by atoms with Gasteiger partial charge in [0.15, 0.2) is 17.5 Å². The monoisotopic (exact) mass is 359 g/mol. The van der Waals surface area contributed by atoms with E-state index in [1.165, 1.54) is 19.2 Å². The van der Waals surface area contributed by atoms with Gasteiger partial charge in [0.25, 0.3) is 0 Å². The molecule has 0 heterocycles. The van der Waals surface area contributed by atoms with E-state index in [1.807, 2.05) is 19.1 Å². The molecule has 6 heteroatoms. The van der Waals surface area contributed by atoms with Gasteiger partial charge in [0.05, 0.1) is 7.11 Å². The number of hydrogen-bond donors (Lipinski definition) is 3. The van der Waals surface area contributed by atoms with E-state index in [0.717, 1.165) is 30.1 Å². The summed E-state index contributed by atoms with van der Waals surface area (Å²) in [6.45, 7) is 3.99. The Bertz CT molecular complexity index is 717. The molecule has 2 aromatic rings. The molecule has 0 amide bonds. The fourth-order valence-electron chi connectivity index (χ4n) is 2.54. The summed E-state index contributed by atoms with van der Waals surface area (Å²) in [6.07, 6.45) is 1.39. The summed E-state index contributed by atoms with van der Waals surface area (Å²) in [5.74, 6) is 1.13. The third-order valence-electron chi connectivity index (χ3n) is 3.92. The first-order valence-corrected chi connectivity index (χ1v) is 8.75. The number of halogens is 1. The summed E-state index contributed by atoms with van der Waals surface area (Å²) in [7, 11) is 1.53. The molecule has 0 aromatic heterocycles. The van der Waals surface area contributed by atoms with Crippen LogP contribution in [0.25, 0.3) is 0 Å². The zero-order chi connectivity index (χ0) is 18.8. The number of aliphatic imine (C=N–C) groups is 1. The van der Waals surface area contributed by atoms with Crippen molar-refractivity contribution in [3.63, 3.8) is 0 Å². The van der Waals surface area contributed by atoms with Crippen LogP contribution >= 0.6 is 0 Å². The number of phenolic OH excluding ortho intramolecular Hbond substituents is 1. The normalized spacial score (nSPS) is 11.3. The van der Waals surface area contributed by atoms with E-state index in [9.17, 15) is 9.50 Å². The average Bonchev–Trinajstić information content (AvgIpc) is 2.64. The maximum absolute atomic E-state index is 12.9. The van der Waals surface area contributed by atoms with E-state index >= 15 is 0 Å². The van der Waals surface area contributed by atoms with Crippen LogP contribution in [0.2, 0.25) is 0 Å². The Labute approximate surface area is 153 Å². The number of hydrogen-bond acceptors (Lipinski definition) is 3. The van der Waals surface area contributed by atoms with Crippen molar-refractivity contribution in [2.45, 2.75) is 19.8 Å². The predicted octanol–water partition coefficient (Wildman–Crippen LogP) is 2.88. The van der Waals surface area contributed by atoms with Crippen LogP contribution in [0.3, 0.4) is 0 Å². The second-order valence-electron chi connectivity index (χ2n) is 5.78. The van der Waals surface area contributed by atoms with Gasteiger partial charge in [-0.3, -0.25) is 4.99 Å². The molecule has 3 N–H and O–H groups in total. The first kappa shape index (κ1) is 19.6. The lowest BCUT2D eigenvalue weighted by molar-refractivity contribution is 0.370. The van der Waals surface area contributed by atoms with Crippen molar-refractivity contribution >= 4 is 5.96 Å². The Morgan fingerprint density at radius 1 is 1.12 bits per heavy atom. The van der Waals surface area contributed by atoms with Crippen molar-refractivity contribution in [1.29, 1.82) is 0 Å². The van der Waals surface area contributed by atoms with Gasteiger partial charge in [-0.25, -0.2) is 4.39 Å². The second-order valence-corrected chi connectivity index (χ2v) is 5.78. The maximum Gasteiger partial charge on any atom is 0.191 e. The van der Waals surface area contributed by atoms with Crippen LogP contribution in [-0.4, -0.2) is 37.8 Å². The lowest BCUT2D eigenvalue weighted by Crippen LogP contribution is -2.38. The average molecular weight is 359 g/mol. The number of rotatable bonds is 8. The van der Waals surface area contributed by atoms with Crippen LogP contribution in [0, 0.1) is 5.82 Å². The number of nitrogens with zero attached hydrogens (tertiary/aromatic N) is 1. The molecule has 0 aliphatic rings. The molecule has 2 rings (SSSR count). The number of benzene rings is 2. The SMILES string of the molecule is CCNC(=NCCc1cccc(OC)c1O)NCCc1ccc(F)cc1. The molecule has 0 aliphatic heterocycles. The van der Waals surface area contributed by atoms with Gasteiger partial charge in [-0.15, -0.1) is 0 Å². The quantitative estimate of drug-likeness (QED) is 0.501. The molecule has 0 spiro atoms. The van der Waals surface area contributed by atoms with Crippen molar-refractivity contribution in [3.8, 4) is 11.5 Å². The zero-order valence-electron chi connectivity index (χ0n) is 15.3. The fraction of sp³-hybridized carbons (Fsp3) is 0.350. The molecule has 0 unspecified atom stereocenters. The van der Waals surface area contributed by atoms with Crippen molar-refractivity contribution in [3.05, 3.63) is 59.4 Å². The first-order valence-electron chi connectivity index (χ1n) is 8.75. The highest BCUT2D eigenvalue weighted by molar-refractivity contribution is 5.79. The summed E-state index contributed by atoms with van der Waals surface area (Å²) in [4.78, 5) is 4.53. The molecular weight excluding hydrogens is 333 g/mol. The smallest absolute Gasteiger partial charge is 0.191 e. The van der Waals surface area contributed by atoms with Crippen LogP contribution in [0.1, 0.15) is 18.1 Å². The van der Waals surface area contributed by atoms with E-state index in [0.29, 0.717) is 25.3 Å². The minimum absolute atomic E-state index is 0.166. The number of phenols is 1. The highest BCUT2D eigenvalue weighted by atomic mass is 19.1. The van der Waals surface area contributed by atoms with Crippen molar-refractivity contribution < 1.29 is 14.2 Å². The Kier molecular flexibility index (Phi) is 7.74. The second kappa shape index (κ2) is 10.3. The van der Waals surface area contributed by atoms with E-state index in [1.54, 1.807) is 18.2 Å². The number of guanidine groups is 1. The van der Waals surface area contributed by atoms with Crippen molar-refractivity contribution in [2.75, 3.05) is 26.7 Å². The molecule has 0 aliphatic carbocycles. The topological polar surface area (TPSA) is 65.9 Å². The van der Waals surface area contributed by atoms with E-state index < -0.39 is 0 Å². The molecule has 0 fully saturated rings. The highest BCUT2D eigenvalue weighted by Gasteiger charge is 2.06. The summed E-state index contributed by atoms with van der Waals surface area (Å²) in [6, 6.07) is 11.9. The molecule has 0 saturated carbocycles. The fourth-order valence-corrected chi connectivity index (χ4v) is 2.54. The molecule has 0 bridgehead atoms. The minimum atomic E-state index is -0.225. The molecule has 0 saturated heterocycles. The lowest BCUT2D eigenvalue weighted by Gasteiger charge is -2.12. The van der Waals surface area contributed by atoms with Crippen molar-refractivity contribution in [2.24, 2.45) is 4.99 Å². The molecule has 140 valence electrons. The van der Waals surface area contributed by atoms with Crippen LogP contribution in [0.4, 0.5) is 4.39 Å². The van der Waals surface area contributed by atoms with Crippen molar-refractivity contribution in [1.82, 2.24) is 10.6 Å². The number of aromatic hydroxyl groups is 1. The molecule has 26 heavy (non-hydrogen) atoms. The first-order chi connectivity index (χ1) is 12.6. The molecule has 2 aromatic carbocycles. The maximum atomic E-state index is 12.9. The van der Waals surface area contributed by atoms with Crippen LogP contribution < -0.4 is 15.4 Å². The summed E-state index contributed by atoms with van der Waals surface area (Å²) in [5, 5.41) is 16.6. The molecule has 0 atom stereocenters. The summed E-state index contributed by atoms with van der Waals surface area (Å²) >= 11 is 0. The standard InChI is InChI=1S/C20H26FN3O2/c1-3-22-20(23-13-11-15-7-9-17(21)10-8-15)24-14-12-16-5-4-6-18(26-2)19(16)25/h4-10,25H,3,11-14H2,1-2H3,(H2,22,23,24). The van der Waals surface area contributed by atoms with Gasteiger partial charge < -0.3 is 20.5 Å². The predicted molar refractivity (Wildman–Crippen MR) is 102 cm³/mol. The van der Waals surface area contributed by atoms with E-state index in [-0.39, 0.29) is 11.6 Å². The van der Waals surface area contributed by atoms with E-state index in [2.05, 4.69) is 15.6 Å². The van der Waals surface area contributed by atoms with Crippen LogP contribution in [-0.2, 0) is 12.8 Å². The van der Waals surface area contributed by atoms with Gasteiger partial charge in [0.1, 0.15) is 5.82 Å². The largest absolute Gasteiger partial charge is 0.504 e. The Morgan fingerprint density at radius 2 is 1.88 bits per heavy atom. The molecule has 0 radical (unpaired) electrons. The summed E-state index contributed by atoms with van der Waals surface area (Å²) in [5.41, 5.74) is 1.87. The van der Waals surface area contributed by atoms with Crippen LogP contribution in [0.15, 0.2) is 47.5 Å². The minimum Gasteiger partial charge on any atom is -0.504 e. The summed E-state index contributed by atoms with van der Waals surface area (Å²) < 4.78 is 18.0. The molecular formula is C20H26FN3O2. The van der Waals surface area contributed by atoms with Gasteiger partial charge in [-0.2, -0.15) is 0 Å². The molecule has 5 nitrogen and oxygen atoms in total. The van der Waals surface area contributed by atoms with Gasteiger partial charge in [0.2, 0.25) is 0 Å². The Hall–Kier alpha value is -2.76. The van der Waals surface area contributed by atoms with Gasteiger partial charge in [0, 0.05) is 19.6 Å². The number of nitrogens with one attached hydrogen (secondary N) is 2. The third-order valence-corrected chi connectivity index (χ3v) is 3.92. The number of ether oxygens (including phenoxy) is 1. The Balaban J connectivity index is 1.87. The van der Waals surface area contributed by atoms with Gasteiger partial charge in [-0.05, 0) is 49.1 Å². The third kappa shape index (κ3) is 5.95. The number of methoxy groups -OCH3 is 1. The Morgan fingerprint density at radius 3 is 2.58 bits per heavy atom. The lowest BCUT2D eigenvalue weighted by atomic mass is 10.1. The van der Waals surface area contributed by atoms with Crippen LogP contribution in [0.5, 0.6) is 11.5 Å². The van der Waals surface area contributed by atoms with E-state index in [4.69, 9.17) is 4.74 Å². The van der Waals surface area contributed by atoms with Gasteiger partial charge in [-0.1, -0.05) is 24.3 Å².